The number of hydrogen-bond donors (Lipinski definition) is 1. The third kappa shape index (κ3) is 2.72. The molecule has 18 heavy (non-hydrogen) atoms. The van der Waals surface area contributed by atoms with Crippen molar-refractivity contribution in [3.63, 3.8) is 0 Å². The van der Waals surface area contributed by atoms with E-state index in [1.54, 1.807) is 7.11 Å². The van der Waals surface area contributed by atoms with Crippen molar-refractivity contribution in [1.29, 1.82) is 0 Å². The Balaban J connectivity index is 2.31. The minimum absolute atomic E-state index is 0.801. The van der Waals surface area contributed by atoms with Crippen LogP contribution in [0.15, 0.2) is 18.2 Å². The zero-order valence-electron chi connectivity index (χ0n) is 11.2. The molecule has 0 atom stereocenters. The first-order chi connectivity index (χ1) is 8.69. The fraction of sp³-hybridized carbons (Fsp3) is 0.571. The zero-order valence-corrected chi connectivity index (χ0v) is 12.1. The Labute approximate surface area is 109 Å². The maximum absolute atomic E-state index is 12.9. The van der Waals surface area contributed by atoms with Crippen LogP contribution in [0.3, 0.4) is 0 Å². The lowest BCUT2D eigenvalue weighted by Crippen LogP contribution is -2.15. The van der Waals surface area contributed by atoms with Gasteiger partial charge in [-0.15, -0.1) is 0 Å². The standard InChI is InChI=1S/C14H22NO2P/c1-3-15-13-8-7-12(11-14(13)17-2)18(16)9-5-4-6-10-18/h7-8,11,15H,3-6,9-10H2,1-2H3. The monoisotopic (exact) mass is 267 g/mol. The molecular formula is C14H22NO2P. The predicted octanol–water partition coefficient (Wildman–Crippen LogP) is 3.30. The first-order valence-electron chi connectivity index (χ1n) is 6.70. The third-order valence-electron chi connectivity index (χ3n) is 3.56. The van der Waals surface area contributed by atoms with Crippen molar-refractivity contribution in [2.24, 2.45) is 0 Å². The third-order valence-corrected chi connectivity index (χ3v) is 6.86. The van der Waals surface area contributed by atoms with Gasteiger partial charge in [0, 0.05) is 24.2 Å². The first kappa shape index (κ1) is 13.5. The van der Waals surface area contributed by atoms with Gasteiger partial charge in [0.05, 0.1) is 12.8 Å². The highest BCUT2D eigenvalue weighted by Crippen LogP contribution is 2.50. The summed E-state index contributed by atoms with van der Waals surface area (Å²) in [5.41, 5.74) is 0.979. The molecule has 100 valence electrons. The second-order valence-electron chi connectivity index (χ2n) is 4.81. The molecule has 1 aromatic carbocycles. The fourth-order valence-electron chi connectivity index (χ4n) is 2.55. The Morgan fingerprint density at radius 2 is 2.00 bits per heavy atom. The molecule has 0 saturated carbocycles. The summed E-state index contributed by atoms with van der Waals surface area (Å²) in [6, 6.07) is 5.96. The molecule has 0 unspecified atom stereocenters. The molecule has 1 saturated heterocycles. The lowest BCUT2D eigenvalue weighted by molar-refractivity contribution is 0.417. The molecule has 0 aromatic heterocycles. The summed E-state index contributed by atoms with van der Waals surface area (Å²) in [6.45, 7) is 2.91. The van der Waals surface area contributed by atoms with Crippen molar-refractivity contribution in [3.8, 4) is 5.75 Å². The maximum Gasteiger partial charge on any atom is 0.142 e. The highest BCUT2D eigenvalue weighted by Gasteiger charge is 2.27. The van der Waals surface area contributed by atoms with Gasteiger partial charge in [0.1, 0.15) is 12.9 Å². The van der Waals surface area contributed by atoms with E-state index in [4.69, 9.17) is 4.74 Å². The van der Waals surface area contributed by atoms with Crippen LogP contribution in [0, 0.1) is 0 Å². The maximum atomic E-state index is 12.9. The van der Waals surface area contributed by atoms with E-state index in [9.17, 15) is 4.57 Å². The molecule has 1 fully saturated rings. The molecule has 1 aliphatic rings. The van der Waals surface area contributed by atoms with Crippen LogP contribution >= 0.6 is 7.14 Å². The van der Waals surface area contributed by atoms with E-state index >= 15 is 0 Å². The Hall–Kier alpha value is -0.950. The van der Waals surface area contributed by atoms with Crippen molar-refractivity contribution in [2.75, 3.05) is 31.3 Å². The van der Waals surface area contributed by atoms with Gasteiger partial charge in [0.2, 0.25) is 0 Å². The molecular weight excluding hydrogens is 245 g/mol. The molecule has 0 spiro atoms. The summed E-state index contributed by atoms with van der Waals surface area (Å²) in [7, 11) is -0.489. The molecule has 0 amide bonds. The SMILES string of the molecule is CCNc1ccc(P2(=O)CCCCC2)cc1OC. The number of rotatable bonds is 4. The van der Waals surface area contributed by atoms with Crippen LogP contribution in [0.25, 0.3) is 0 Å². The van der Waals surface area contributed by atoms with Crippen LogP contribution in [-0.4, -0.2) is 26.0 Å². The molecule has 0 radical (unpaired) electrons. The highest BCUT2D eigenvalue weighted by molar-refractivity contribution is 7.71. The van der Waals surface area contributed by atoms with E-state index in [2.05, 4.69) is 12.2 Å². The molecule has 0 aliphatic carbocycles. The fourth-order valence-corrected chi connectivity index (χ4v) is 5.46. The summed E-state index contributed by atoms with van der Waals surface area (Å²) in [5.74, 6) is 0.801. The van der Waals surface area contributed by atoms with E-state index in [1.165, 1.54) is 6.42 Å². The number of ether oxygens (including phenoxy) is 1. The normalized spacial score (nSPS) is 18.3. The van der Waals surface area contributed by atoms with Gasteiger partial charge in [-0.25, -0.2) is 0 Å². The quantitative estimate of drug-likeness (QED) is 0.851. The number of nitrogens with one attached hydrogen (secondary N) is 1. The van der Waals surface area contributed by atoms with Crippen LogP contribution < -0.4 is 15.4 Å². The average molecular weight is 267 g/mol. The molecule has 1 N–H and O–H groups in total. The van der Waals surface area contributed by atoms with Gasteiger partial charge in [0.15, 0.2) is 0 Å². The molecule has 0 bridgehead atoms. The minimum Gasteiger partial charge on any atom is -0.495 e. The van der Waals surface area contributed by atoms with Gasteiger partial charge in [-0.05, 0) is 38.0 Å². The van der Waals surface area contributed by atoms with Gasteiger partial charge in [0.25, 0.3) is 0 Å². The average Bonchev–Trinajstić information content (AvgIpc) is 2.40. The molecule has 1 heterocycles. The van der Waals surface area contributed by atoms with E-state index in [0.717, 1.165) is 48.5 Å². The summed E-state index contributed by atoms with van der Waals surface area (Å²) >= 11 is 0. The Bertz CT molecular complexity index is 449. The number of anilines is 1. The smallest absolute Gasteiger partial charge is 0.142 e. The van der Waals surface area contributed by atoms with Crippen molar-refractivity contribution < 1.29 is 9.30 Å². The second-order valence-corrected chi connectivity index (χ2v) is 8.00. The van der Waals surface area contributed by atoms with Crippen molar-refractivity contribution in [3.05, 3.63) is 18.2 Å². The van der Waals surface area contributed by atoms with Crippen molar-refractivity contribution >= 4 is 18.1 Å². The minimum atomic E-state index is -2.15. The summed E-state index contributed by atoms with van der Waals surface area (Å²) < 4.78 is 18.3. The highest BCUT2D eigenvalue weighted by atomic mass is 31.2. The Kier molecular flexibility index (Phi) is 4.34. The predicted molar refractivity (Wildman–Crippen MR) is 78.0 cm³/mol. The topological polar surface area (TPSA) is 38.3 Å². The number of hydrogen-bond acceptors (Lipinski definition) is 3. The van der Waals surface area contributed by atoms with Crippen LogP contribution in [0.1, 0.15) is 26.2 Å². The van der Waals surface area contributed by atoms with Crippen molar-refractivity contribution in [2.45, 2.75) is 26.2 Å². The molecule has 4 heteroatoms. The molecule has 3 nitrogen and oxygen atoms in total. The summed E-state index contributed by atoms with van der Waals surface area (Å²) in [4.78, 5) is 0. The first-order valence-corrected chi connectivity index (χ1v) is 8.78. The van der Waals surface area contributed by atoms with E-state index in [-0.39, 0.29) is 0 Å². The lowest BCUT2D eigenvalue weighted by atomic mass is 10.3. The lowest BCUT2D eigenvalue weighted by Gasteiger charge is -2.24. The summed E-state index contributed by atoms with van der Waals surface area (Å²) in [5, 5.41) is 4.24. The molecule has 1 aliphatic heterocycles. The largest absolute Gasteiger partial charge is 0.495 e. The van der Waals surface area contributed by atoms with Crippen molar-refractivity contribution in [1.82, 2.24) is 0 Å². The molecule has 1 aromatic rings. The van der Waals surface area contributed by atoms with Crippen LogP contribution in [0.5, 0.6) is 5.75 Å². The Morgan fingerprint density at radius 3 is 2.61 bits per heavy atom. The number of benzene rings is 1. The molecule has 2 rings (SSSR count). The van der Waals surface area contributed by atoms with Crippen LogP contribution in [-0.2, 0) is 4.57 Å². The zero-order chi connectivity index (χ0) is 13.0. The van der Waals surface area contributed by atoms with Crippen LogP contribution in [0.4, 0.5) is 5.69 Å². The van der Waals surface area contributed by atoms with Gasteiger partial charge in [-0.2, -0.15) is 0 Å². The summed E-state index contributed by atoms with van der Waals surface area (Å²) in [6.07, 6.45) is 5.12. The van der Waals surface area contributed by atoms with Gasteiger partial charge in [-0.3, -0.25) is 0 Å². The van der Waals surface area contributed by atoms with Gasteiger partial charge >= 0.3 is 0 Å². The van der Waals surface area contributed by atoms with E-state index in [0.29, 0.717) is 0 Å². The van der Waals surface area contributed by atoms with E-state index in [1.807, 2.05) is 18.2 Å². The van der Waals surface area contributed by atoms with E-state index < -0.39 is 7.14 Å². The van der Waals surface area contributed by atoms with Gasteiger partial charge in [-0.1, -0.05) is 6.42 Å². The second kappa shape index (κ2) is 5.79. The Morgan fingerprint density at radius 1 is 1.28 bits per heavy atom. The van der Waals surface area contributed by atoms with Gasteiger partial charge < -0.3 is 14.6 Å². The van der Waals surface area contributed by atoms with Crippen LogP contribution in [0.2, 0.25) is 0 Å². The number of methoxy groups -OCH3 is 1.